The minimum Gasteiger partial charge on any atom is -0.392 e. The number of aliphatic hydroxyl groups is 1. The van der Waals surface area contributed by atoms with Gasteiger partial charge in [0.1, 0.15) is 5.41 Å². The second kappa shape index (κ2) is 8.61. The van der Waals surface area contributed by atoms with Crippen molar-refractivity contribution >= 4 is 23.2 Å². The van der Waals surface area contributed by atoms with Crippen LogP contribution in [0.2, 0.25) is 0 Å². The number of hydrogen-bond acceptors (Lipinski definition) is 3. The van der Waals surface area contributed by atoms with Crippen LogP contribution in [0.1, 0.15) is 35.6 Å². The average molecular weight is 488 g/mol. The second-order valence-electron chi connectivity index (χ2n) is 8.48. The number of para-hydroxylation sites is 1. The summed E-state index contributed by atoms with van der Waals surface area (Å²) in [6.45, 7) is 4.44. The Kier molecular flexibility index (Phi) is 6.47. The number of benzene rings is 2. The fraction of sp³-hybridized carbons (Fsp3) is 0.391. The molecule has 0 aromatic heterocycles. The van der Waals surface area contributed by atoms with Gasteiger partial charge in [-0.05, 0) is 50.1 Å². The molecule has 1 aliphatic rings. The summed E-state index contributed by atoms with van der Waals surface area (Å²) in [6.07, 6.45) is -12.1. The quantitative estimate of drug-likeness (QED) is 0.590. The SMILES string of the molecule is Cc1cccc(C)c1N1CC(C(=O)Nc2cc(C(F)(F)F)cc(C(F)(F)F)c2)(C(C)O)CC1=O. The highest BCUT2D eigenvalue weighted by atomic mass is 19.4. The zero-order valence-corrected chi connectivity index (χ0v) is 18.4. The molecule has 0 saturated carbocycles. The van der Waals surface area contributed by atoms with Gasteiger partial charge in [-0.1, -0.05) is 18.2 Å². The molecule has 3 rings (SSSR count). The van der Waals surface area contributed by atoms with Gasteiger partial charge < -0.3 is 15.3 Å². The van der Waals surface area contributed by atoms with Crippen LogP contribution in [0.3, 0.4) is 0 Å². The first-order valence-electron chi connectivity index (χ1n) is 10.2. The van der Waals surface area contributed by atoms with E-state index in [0.29, 0.717) is 17.8 Å². The first kappa shape index (κ1) is 25.5. The Morgan fingerprint density at radius 1 is 1.03 bits per heavy atom. The number of alkyl halides is 6. The highest BCUT2D eigenvalue weighted by Crippen LogP contribution is 2.42. The molecule has 5 nitrogen and oxygen atoms in total. The first-order valence-corrected chi connectivity index (χ1v) is 10.2. The molecule has 34 heavy (non-hydrogen) atoms. The average Bonchev–Trinajstić information content (AvgIpc) is 3.05. The molecule has 2 amide bonds. The van der Waals surface area contributed by atoms with Crippen LogP contribution in [0.5, 0.6) is 0 Å². The summed E-state index contributed by atoms with van der Waals surface area (Å²) in [5.74, 6) is -1.56. The van der Waals surface area contributed by atoms with Crippen LogP contribution < -0.4 is 10.2 Å². The largest absolute Gasteiger partial charge is 0.416 e. The summed E-state index contributed by atoms with van der Waals surface area (Å²) in [5, 5.41) is 12.5. The third-order valence-electron chi connectivity index (χ3n) is 6.01. The molecule has 0 aliphatic carbocycles. The van der Waals surface area contributed by atoms with Crippen LogP contribution >= 0.6 is 0 Å². The van der Waals surface area contributed by atoms with Gasteiger partial charge >= 0.3 is 12.4 Å². The van der Waals surface area contributed by atoms with Gasteiger partial charge in [-0.15, -0.1) is 0 Å². The fourth-order valence-corrected chi connectivity index (χ4v) is 4.13. The van der Waals surface area contributed by atoms with E-state index in [4.69, 9.17) is 0 Å². The molecule has 2 unspecified atom stereocenters. The molecule has 2 atom stereocenters. The summed E-state index contributed by atoms with van der Waals surface area (Å²) in [4.78, 5) is 27.4. The van der Waals surface area contributed by atoms with Crippen molar-refractivity contribution in [1.29, 1.82) is 0 Å². The summed E-state index contributed by atoms with van der Waals surface area (Å²) in [5.41, 5.74) is -3.75. The molecule has 1 aliphatic heterocycles. The minimum atomic E-state index is -5.09. The zero-order valence-electron chi connectivity index (χ0n) is 18.4. The van der Waals surface area contributed by atoms with Crippen molar-refractivity contribution in [3.05, 3.63) is 58.7 Å². The van der Waals surface area contributed by atoms with Crippen LogP contribution in [-0.4, -0.2) is 29.6 Å². The highest BCUT2D eigenvalue weighted by Gasteiger charge is 2.53. The van der Waals surface area contributed by atoms with Crippen molar-refractivity contribution in [2.24, 2.45) is 5.41 Å². The third kappa shape index (κ3) is 4.75. The number of amides is 2. The maximum atomic E-state index is 13.2. The number of halogens is 6. The van der Waals surface area contributed by atoms with Gasteiger partial charge in [-0.25, -0.2) is 0 Å². The number of nitrogens with zero attached hydrogens (tertiary/aromatic N) is 1. The number of aryl methyl sites for hydroxylation is 2. The second-order valence-corrected chi connectivity index (χ2v) is 8.48. The van der Waals surface area contributed by atoms with E-state index in [-0.39, 0.29) is 12.6 Å². The van der Waals surface area contributed by atoms with Crippen molar-refractivity contribution in [2.75, 3.05) is 16.8 Å². The first-order chi connectivity index (χ1) is 15.6. The van der Waals surface area contributed by atoms with E-state index in [1.807, 2.05) is 0 Å². The molecule has 0 bridgehead atoms. The van der Waals surface area contributed by atoms with Crippen molar-refractivity contribution in [1.82, 2.24) is 0 Å². The van der Waals surface area contributed by atoms with Gasteiger partial charge in [0.25, 0.3) is 0 Å². The standard InChI is InChI=1S/C23H22F6N2O3/c1-12-5-4-6-13(2)19(12)31-11-21(14(3)32,10-18(31)33)20(34)30-17-8-15(22(24,25)26)7-16(9-17)23(27,28)29/h4-9,14,32H,10-11H2,1-3H3,(H,30,34). The Bertz CT molecular complexity index is 1070. The molecule has 2 N–H and O–H groups in total. The Balaban J connectivity index is 2.00. The Hall–Kier alpha value is -3.08. The lowest BCUT2D eigenvalue weighted by atomic mass is 9.80. The molecule has 184 valence electrons. The molecule has 1 saturated heterocycles. The lowest BCUT2D eigenvalue weighted by Crippen LogP contribution is -2.46. The van der Waals surface area contributed by atoms with Crippen molar-refractivity contribution in [3.63, 3.8) is 0 Å². The van der Waals surface area contributed by atoms with E-state index in [0.717, 1.165) is 11.1 Å². The van der Waals surface area contributed by atoms with E-state index >= 15 is 0 Å². The van der Waals surface area contributed by atoms with E-state index in [2.05, 4.69) is 5.32 Å². The molecule has 1 fully saturated rings. The molecule has 0 radical (unpaired) electrons. The summed E-state index contributed by atoms with van der Waals surface area (Å²) >= 11 is 0. The van der Waals surface area contributed by atoms with E-state index in [9.17, 15) is 41.0 Å². The van der Waals surface area contributed by atoms with Crippen molar-refractivity contribution in [2.45, 2.75) is 45.6 Å². The Morgan fingerprint density at radius 3 is 1.97 bits per heavy atom. The molecular formula is C23H22F6N2O3. The molecule has 1 heterocycles. The number of aliphatic hydroxyl groups excluding tert-OH is 1. The highest BCUT2D eigenvalue weighted by molar-refractivity contribution is 6.06. The Labute approximate surface area is 191 Å². The third-order valence-corrected chi connectivity index (χ3v) is 6.01. The zero-order chi connectivity index (χ0) is 25.6. The smallest absolute Gasteiger partial charge is 0.392 e. The molecule has 11 heteroatoms. The van der Waals surface area contributed by atoms with Crippen molar-refractivity contribution in [3.8, 4) is 0 Å². The number of nitrogens with one attached hydrogen (secondary N) is 1. The Morgan fingerprint density at radius 2 is 1.53 bits per heavy atom. The van der Waals surface area contributed by atoms with Crippen molar-refractivity contribution < 1.29 is 41.0 Å². The van der Waals surface area contributed by atoms with Gasteiger partial charge in [-0.2, -0.15) is 26.3 Å². The fourth-order valence-electron chi connectivity index (χ4n) is 4.13. The van der Waals surface area contributed by atoms with Gasteiger partial charge in [0.2, 0.25) is 11.8 Å². The lowest BCUT2D eigenvalue weighted by Gasteiger charge is -2.31. The number of anilines is 2. The maximum absolute atomic E-state index is 13.2. The monoisotopic (exact) mass is 488 g/mol. The van der Waals surface area contributed by atoms with E-state index < -0.39 is 58.9 Å². The number of carbonyl (C=O) groups excluding carboxylic acids is 2. The normalized spacial score (nSPS) is 19.9. The van der Waals surface area contributed by atoms with Gasteiger partial charge in [0.15, 0.2) is 0 Å². The topological polar surface area (TPSA) is 69.6 Å². The van der Waals surface area contributed by atoms with Crippen LogP contribution in [0, 0.1) is 19.3 Å². The van der Waals surface area contributed by atoms with E-state index in [1.54, 1.807) is 32.0 Å². The minimum absolute atomic E-state index is 0.0537. The number of carbonyl (C=O) groups is 2. The lowest BCUT2D eigenvalue weighted by molar-refractivity contribution is -0.143. The predicted molar refractivity (Wildman–Crippen MR) is 112 cm³/mol. The van der Waals surface area contributed by atoms with Crippen LogP contribution in [0.25, 0.3) is 0 Å². The summed E-state index contributed by atoms with van der Waals surface area (Å²) < 4.78 is 79.0. The van der Waals surface area contributed by atoms with Gasteiger partial charge in [-0.3, -0.25) is 9.59 Å². The maximum Gasteiger partial charge on any atom is 0.416 e. The number of rotatable bonds is 4. The van der Waals surface area contributed by atoms with Gasteiger partial charge in [0, 0.05) is 24.3 Å². The summed E-state index contributed by atoms with van der Waals surface area (Å²) in [6, 6.07) is 5.97. The summed E-state index contributed by atoms with van der Waals surface area (Å²) in [7, 11) is 0. The molecule has 0 spiro atoms. The van der Waals surface area contributed by atoms with Crippen LogP contribution in [-0.2, 0) is 21.9 Å². The predicted octanol–water partition coefficient (Wildman–Crippen LogP) is 5.08. The molecular weight excluding hydrogens is 466 g/mol. The number of hydrogen-bond donors (Lipinski definition) is 2. The van der Waals surface area contributed by atoms with Gasteiger partial charge in [0.05, 0.1) is 17.2 Å². The van der Waals surface area contributed by atoms with Crippen LogP contribution in [0.4, 0.5) is 37.7 Å². The van der Waals surface area contributed by atoms with E-state index in [1.165, 1.54) is 11.8 Å². The molecule has 2 aromatic rings. The molecule has 2 aromatic carbocycles. The van der Waals surface area contributed by atoms with Crippen LogP contribution in [0.15, 0.2) is 36.4 Å².